The maximum absolute atomic E-state index is 11.4. The predicted octanol–water partition coefficient (Wildman–Crippen LogP) is -0.666. The monoisotopic (exact) mass is 240 g/mol. The number of aromatic nitrogens is 2. The molecule has 1 aromatic rings. The largest absolute Gasteiger partial charge is 0.367 e. The van der Waals surface area contributed by atoms with Gasteiger partial charge in [-0.15, -0.1) is 0 Å². The molecule has 2 saturated heterocycles. The Bertz CT molecular complexity index is 420. The van der Waals surface area contributed by atoms with Gasteiger partial charge in [-0.1, -0.05) is 0 Å². The zero-order chi connectivity index (χ0) is 11.1. The van der Waals surface area contributed by atoms with E-state index >= 15 is 0 Å². The van der Waals surface area contributed by atoms with Crippen LogP contribution in [-0.2, 0) is 0 Å². The number of carbonyl (C=O) groups excluding carboxylic acids is 1. The van der Waals surface area contributed by atoms with Crippen LogP contribution in [0, 0.1) is 0 Å². The van der Waals surface area contributed by atoms with E-state index in [1.807, 2.05) is 4.90 Å². The van der Waals surface area contributed by atoms with Crippen LogP contribution in [0.15, 0.2) is 0 Å². The van der Waals surface area contributed by atoms with Gasteiger partial charge in [-0.2, -0.15) is 9.36 Å². The molecule has 3 N–H and O–H groups in total. The number of nitrogens with two attached hydrogens (primary N) is 1. The molecule has 2 aliphatic heterocycles. The first-order valence-corrected chi connectivity index (χ1v) is 5.90. The third kappa shape index (κ3) is 1.45. The van der Waals surface area contributed by atoms with Gasteiger partial charge in [0.05, 0.1) is 6.04 Å². The summed E-state index contributed by atoms with van der Waals surface area (Å²) in [6, 6.07) is 0.285. The number of hydrogen-bond donors (Lipinski definition) is 2. The first-order chi connectivity index (χ1) is 7.74. The highest BCUT2D eigenvalue weighted by molar-refractivity contribution is 7.09. The van der Waals surface area contributed by atoms with E-state index in [-0.39, 0.29) is 12.1 Å². The summed E-state index contributed by atoms with van der Waals surface area (Å²) in [5, 5.41) is 3.69. The van der Waals surface area contributed by atoms with E-state index in [4.69, 9.17) is 5.73 Å². The van der Waals surface area contributed by atoms with Gasteiger partial charge in [-0.05, 0) is 0 Å². The number of amides is 2. The second kappa shape index (κ2) is 3.48. The Hall–Kier alpha value is -1.57. The van der Waals surface area contributed by atoms with Crippen molar-refractivity contribution in [3.05, 3.63) is 0 Å². The molecule has 3 heterocycles. The fraction of sp³-hybridized carbons (Fsp3) is 0.625. The Balaban J connectivity index is 1.75. The van der Waals surface area contributed by atoms with Gasteiger partial charge in [0.25, 0.3) is 0 Å². The molecule has 0 saturated carbocycles. The third-order valence-electron chi connectivity index (χ3n) is 2.93. The lowest BCUT2D eigenvalue weighted by Crippen LogP contribution is -2.52. The fourth-order valence-corrected chi connectivity index (χ4v) is 2.76. The highest BCUT2D eigenvalue weighted by Crippen LogP contribution is 2.23. The molecule has 0 aromatic carbocycles. The molecule has 3 rings (SSSR count). The first kappa shape index (κ1) is 9.64. The average molecular weight is 240 g/mol. The van der Waals surface area contributed by atoms with E-state index in [0.29, 0.717) is 12.5 Å². The van der Waals surface area contributed by atoms with Gasteiger partial charge < -0.3 is 20.9 Å². The van der Waals surface area contributed by atoms with Crippen LogP contribution in [0.2, 0.25) is 0 Å². The number of rotatable bonds is 1. The topological polar surface area (TPSA) is 87.4 Å². The lowest BCUT2D eigenvalue weighted by Gasteiger charge is -2.35. The number of carbonyl (C=O) groups is 1. The van der Waals surface area contributed by atoms with Crippen LogP contribution in [-0.4, -0.2) is 52.5 Å². The van der Waals surface area contributed by atoms with Crippen LogP contribution in [0.1, 0.15) is 0 Å². The molecule has 8 heteroatoms. The molecule has 2 amide bonds. The number of nitrogens with one attached hydrogen (secondary N) is 1. The summed E-state index contributed by atoms with van der Waals surface area (Å²) in [5.41, 5.74) is 5.50. The van der Waals surface area contributed by atoms with Crippen molar-refractivity contribution in [3.8, 4) is 0 Å². The number of urea groups is 1. The molecule has 0 radical (unpaired) electrons. The van der Waals surface area contributed by atoms with Crippen molar-refractivity contribution in [1.29, 1.82) is 0 Å². The zero-order valence-corrected chi connectivity index (χ0v) is 9.40. The normalized spacial score (nSPS) is 24.5. The number of hydrogen-bond acceptors (Lipinski definition) is 6. The minimum Gasteiger partial charge on any atom is -0.367 e. The van der Waals surface area contributed by atoms with Gasteiger partial charge in [0, 0.05) is 37.7 Å². The highest BCUT2D eigenvalue weighted by atomic mass is 32.1. The van der Waals surface area contributed by atoms with Gasteiger partial charge in [0.1, 0.15) is 0 Å². The van der Waals surface area contributed by atoms with E-state index in [9.17, 15) is 4.79 Å². The van der Waals surface area contributed by atoms with E-state index in [1.54, 1.807) is 0 Å². The number of piperazine rings is 1. The smallest absolute Gasteiger partial charge is 0.317 e. The Morgan fingerprint density at radius 3 is 3.12 bits per heavy atom. The van der Waals surface area contributed by atoms with Crippen molar-refractivity contribution >= 4 is 28.6 Å². The average Bonchev–Trinajstić information content (AvgIpc) is 2.86. The molecular formula is C8H12N6OS. The molecule has 2 aliphatic rings. The number of fused-ring (bicyclic) bond motifs is 1. The Morgan fingerprint density at radius 2 is 2.38 bits per heavy atom. The quantitative estimate of drug-likeness (QED) is 0.680. The Kier molecular flexibility index (Phi) is 2.10. The summed E-state index contributed by atoms with van der Waals surface area (Å²) in [7, 11) is 0. The van der Waals surface area contributed by atoms with Crippen molar-refractivity contribution in [1.82, 2.24) is 19.6 Å². The van der Waals surface area contributed by atoms with E-state index in [0.717, 1.165) is 24.8 Å². The lowest BCUT2D eigenvalue weighted by molar-refractivity contribution is 0.197. The molecule has 1 unspecified atom stereocenters. The van der Waals surface area contributed by atoms with Crippen molar-refractivity contribution in [3.63, 3.8) is 0 Å². The van der Waals surface area contributed by atoms with Crippen LogP contribution in [0.25, 0.3) is 0 Å². The molecule has 1 aromatic heterocycles. The van der Waals surface area contributed by atoms with Gasteiger partial charge >= 0.3 is 6.03 Å². The summed E-state index contributed by atoms with van der Waals surface area (Å²) in [4.78, 5) is 19.6. The lowest BCUT2D eigenvalue weighted by atomic mass is 10.2. The standard InChI is InChI=1S/C8H12N6OS/c9-6-11-8(16-12-6)13-1-2-14-5(4-13)3-10-7(14)15/h5H,1-4H2,(H2,9,12)(H,10,15). The van der Waals surface area contributed by atoms with Crippen molar-refractivity contribution in [2.45, 2.75) is 6.04 Å². The zero-order valence-electron chi connectivity index (χ0n) is 8.59. The maximum atomic E-state index is 11.4. The van der Waals surface area contributed by atoms with Crippen LogP contribution in [0.3, 0.4) is 0 Å². The van der Waals surface area contributed by atoms with Crippen LogP contribution in [0.5, 0.6) is 0 Å². The van der Waals surface area contributed by atoms with Crippen LogP contribution in [0.4, 0.5) is 15.9 Å². The SMILES string of the molecule is Nc1nsc(N2CCN3C(=O)NCC3C2)n1. The summed E-state index contributed by atoms with van der Waals surface area (Å²) in [5.74, 6) is 0.322. The Morgan fingerprint density at radius 1 is 1.50 bits per heavy atom. The van der Waals surface area contributed by atoms with Crippen LogP contribution >= 0.6 is 11.5 Å². The molecule has 1 atom stereocenters. The second-order valence-electron chi connectivity index (χ2n) is 3.91. The number of nitrogen functional groups attached to an aromatic ring is 1. The predicted molar refractivity (Wildman–Crippen MR) is 60.4 cm³/mol. The van der Waals surface area contributed by atoms with Crippen LogP contribution < -0.4 is 16.0 Å². The van der Waals surface area contributed by atoms with Crippen molar-refractivity contribution in [2.75, 3.05) is 36.8 Å². The summed E-state index contributed by atoms with van der Waals surface area (Å²) in [6.07, 6.45) is 0. The van der Waals surface area contributed by atoms with Gasteiger partial charge in [-0.3, -0.25) is 0 Å². The highest BCUT2D eigenvalue weighted by Gasteiger charge is 2.36. The summed E-state index contributed by atoms with van der Waals surface area (Å²) >= 11 is 1.31. The van der Waals surface area contributed by atoms with Gasteiger partial charge in [0.2, 0.25) is 11.1 Å². The molecule has 2 fully saturated rings. The molecular weight excluding hydrogens is 228 g/mol. The fourth-order valence-electron chi connectivity index (χ4n) is 2.13. The first-order valence-electron chi connectivity index (χ1n) is 5.12. The van der Waals surface area contributed by atoms with Crippen molar-refractivity contribution in [2.24, 2.45) is 0 Å². The minimum absolute atomic E-state index is 0.0430. The van der Waals surface area contributed by atoms with Gasteiger partial charge in [0.15, 0.2) is 0 Å². The maximum Gasteiger partial charge on any atom is 0.317 e. The minimum atomic E-state index is 0.0430. The number of nitrogens with zero attached hydrogens (tertiary/aromatic N) is 4. The molecule has 0 bridgehead atoms. The second-order valence-corrected chi connectivity index (χ2v) is 4.64. The van der Waals surface area contributed by atoms with Crippen molar-refractivity contribution < 1.29 is 4.79 Å². The van der Waals surface area contributed by atoms with E-state index in [1.165, 1.54) is 11.5 Å². The summed E-state index contributed by atoms with van der Waals surface area (Å²) in [6.45, 7) is 3.03. The molecule has 7 nitrogen and oxygen atoms in total. The van der Waals surface area contributed by atoms with E-state index in [2.05, 4.69) is 19.6 Å². The van der Waals surface area contributed by atoms with Gasteiger partial charge in [-0.25, -0.2) is 4.79 Å². The number of anilines is 2. The molecule has 0 aliphatic carbocycles. The summed E-state index contributed by atoms with van der Waals surface area (Å²) < 4.78 is 3.96. The third-order valence-corrected chi connectivity index (χ3v) is 3.73. The van der Waals surface area contributed by atoms with E-state index < -0.39 is 0 Å². The molecule has 86 valence electrons. The molecule has 0 spiro atoms. The Labute approximate surface area is 96.4 Å². The molecule has 16 heavy (non-hydrogen) atoms.